The molecule has 1 heterocycles. The summed E-state index contributed by atoms with van der Waals surface area (Å²) in [6.45, 7) is 10.0. The molecule has 0 aliphatic rings. The van der Waals surface area contributed by atoms with E-state index in [0.717, 1.165) is 16.0 Å². The van der Waals surface area contributed by atoms with E-state index in [9.17, 15) is 13.2 Å². The van der Waals surface area contributed by atoms with Gasteiger partial charge in [0.25, 0.3) is 0 Å². The standard InChI is InChI=1S/C26H32N2O3S2/c1-20-11-15-24(16-12-20)33(30,31)28(26(3,4)5)19-25(29)27(17-22-9-7-6-8-10-22)18-23-14-13-21(2)32-23/h6-16H,17-19H2,1-5H3. The summed E-state index contributed by atoms with van der Waals surface area (Å²) in [6, 6.07) is 20.6. The van der Waals surface area contributed by atoms with Crippen molar-refractivity contribution in [2.24, 2.45) is 0 Å². The first-order valence-electron chi connectivity index (χ1n) is 10.9. The van der Waals surface area contributed by atoms with E-state index in [1.807, 2.05) is 77.1 Å². The van der Waals surface area contributed by atoms with Gasteiger partial charge in [-0.05, 0) is 64.4 Å². The molecule has 0 aliphatic heterocycles. The van der Waals surface area contributed by atoms with Gasteiger partial charge in [0, 0.05) is 21.8 Å². The van der Waals surface area contributed by atoms with Crippen molar-refractivity contribution in [1.29, 1.82) is 0 Å². The van der Waals surface area contributed by atoms with Crippen LogP contribution in [0.25, 0.3) is 0 Å². The lowest BCUT2D eigenvalue weighted by Gasteiger charge is -2.35. The summed E-state index contributed by atoms with van der Waals surface area (Å²) in [4.78, 5) is 17.8. The van der Waals surface area contributed by atoms with Crippen LogP contribution in [0.3, 0.4) is 0 Å². The van der Waals surface area contributed by atoms with Gasteiger partial charge in [-0.1, -0.05) is 48.0 Å². The highest BCUT2D eigenvalue weighted by molar-refractivity contribution is 7.89. The van der Waals surface area contributed by atoms with Crippen molar-refractivity contribution in [3.63, 3.8) is 0 Å². The molecule has 3 rings (SSSR count). The largest absolute Gasteiger partial charge is 0.332 e. The van der Waals surface area contributed by atoms with Crippen molar-refractivity contribution >= 4 is 27.3 Å². The Balaban J connectivity index is 1.91. The first-order chi connectivity index (χ1) is 15.5. The van der Waals surface area contributed by atoms with Crippen molar-refractivity contribution in [2.75, 3.05) is 6.54 Å². The van der Waals surface area contributed by atoms with Gasteiger partial charge in [0.05, 0.1) is 18.0 Å². The molecule has 0 saturated heterocycles. The molecule has 3 aromatic rings. The Morgan fingerprint density at radius 2 is 1.52 bits per heavy atom. The molecule has 0 saturated carbocycles. The minimum atomic E-state index is -3.86. The van der Waals surface area contributed by atoms with Crippen LogP contribution < -0.4 is 0 Å². The van der Waals surface area contributed by atoms with Gasteiger partial charge in [-0.2, -0.15) is 4.31 Å². The molecule has 2 aromatic carbocycles. The molecule has 0 atom stereocenters. The lowest BCUT2D eigenvalue weighted by molar-refractivity contribution is -0.133. The van der Waals surface area contributed by atoms with Crippen molar-refractivity contribution in [2.45, 2.75) is 58.1 Å². The molecule has 1 amide bonds. The normalized spacial score (nSPS) is 12.2. The topological polar surface area (TPSA) is 57.7 Å². The third kappa shape index (κ3) is 6.53. The lowest BCUT2D eigenvalue weighted by Crippen LogP contribution is -2.50. The number of hydrogen-bond acceptors (Lipinski definition) is 4. The Labute approximate surface area is 201 Å². The fourth-order valence-electron chi connectivity index (χ4n) is 3.54. The average molecular weight is 485 g/mol. The summed E-state index contributed by atoms with van der Waals surface area (Å²) in [7, 11) is -3.86. The van der Waals surface area contributed by atoms with E-state index in [0.29, 0.717) is 13.1 Å². The van der Waals surface area contributed by atoms with Gasteiger partial charge >= 0.3 is 0 Å². The van der Waals surface area contributed by atoms with Crippen LogP contribution >= 0.6 is 11.3 Å². The molecule has 7 heteroatoms. The maximum Gasteiger partial charge on any atom is 0.244 e. The second-order valence-electron chi connectivity index (χ2n) is 9.24. The summed E-state index contributed by atoms with van der Waals surface area (Å²) in [5, 5.41) is 0. The predicted molar refractivity (Wildman–Crippen MR) is 135 cm³/mol. The third-order valence-corrected chi connectivity index (χ3v) is 8.46. The number of carbonyl (C=O) groups is 1. The van der Waals surface area contributed by atoms with Gasteiger partial charge in [0.1, 0.15) is 0 Å². The Morgan fingerprint density at radius 3 is 2.06 bits per heavy atom. The van der Waals surface area contributed by atoms with Gasteiger partial charge in [-0.25, -0.2) is 8.42 Å². The van der Waals surface area contributed by atoms with Gasteiger partial charge in [0.15, 0.2) is 0 Å². The molecule has 176 valence electrons. The fraction of sp³-hybridized carbons (Fsp3) is 0.346. The zero-order valence-corrected chi connectivity index (χ0v) is 21.5. The predicted octanol–water partition coefficient (Wildman–Crippen LogP) is 5.38. The van der Waals surface area contributed by atoms with E-state index in [-0.39, 0.29) is 17.3 Å². The highest BCUT2D eigenvalue weighted by Crippen LogP contribution is 2.26. The van der Waals surface area contributed by atoms with Crippen LogP contribution in [0.15, 0.2) is 71.6 Å². The van der Waals surface area contributed by atoms with E-state index in [2.05, 4.69) is 0 Å². The Bertz CT molecular complexity index is 1180. The molecule has 0 bridgehead atoms. The Hall–Kier alpha value is -2.48. The van der Waals surface area contributed by atoms with Crippen molar-refractivity contribution in [3.05, 3.63) is 87.6 Å². The maximum atomic E-state index is 13.6. The Kier molecular flexibility index (Phi) is 7.77. The summed E-state index contributed by atoms with van der Waals surface area (Å²) in [5.74, 6) is -0.226. The number of rotatable bonds is 8. The summed E-state index contributed by atoms with van der Waals surface area (Å²) >= 11 is 1.65. The third-order valence-electron chi connectivity index (χ3n) is 5.35. The number of amides is 1. The molecular weight excluding hydrogens is 452 g/mol. The van der Waals surface area contributed by atoms with E-state index in [1.165, 1.54) is 9.18 Å². The molecule has 0 spiro atoms. The summed E-state index contributed by atoms with van der Waals surface area (Å²) in [5.41, 5.74) is 1.22. The number of hydrogen-bond donors (Lipinski definition) is 0. The van der Waals surface area contributed by atoms with Gasteiger partial charge in [-0.3, -0.25) is 4.79 Å². The molecule has 33 heavy (non-hydrogen) atoms. The van der Waals surface area contributed by atoms with Crippen LogP contribution in [0.2, 0.25) is 0 Å². The molecule has 0 fully saturated rings. The molecule has 0 aliphatic carbocycles. The minimum Gasteiger partial charge on any atom is -0.332 e. The average Bonchev–Trinajstić information content (AvgIpc) is 3.16. The van der Waals surface area contributed by atoms with Crippen LogP contribution in [0.4, 0.5) is 0 Å². The highest BCUT2D eigenvalue weighted by Gasteiger charge is 2.36. The smallest absolute Gasteiger partial charge is 0.244 e. The number of thiophene rings is 1. The van der Waals surface area contributed by atoms with E-state index in [4.69, 9.17) is 0 Å². The number of aryl methyl sites for hydroxylation is 2. The number of carbonyl (C=O) groups excluding carboxylic acids is 1. The molecule has 0 radical (unpaired) electrons. The number of nitrogens with zero attached hydrogens (tertiary/aromatic N) is 2. The van der Waals surface area contributed by atoms with E-state index < -0.39 is 15.6 Å². The highest BCUT2D eigenvalue weighted by atomic mass is 32.2. The Morgan fingerprint density at radius 1 is 0.879 bits per heavy atom. The zero-order chi connectivity index (χ0) is 24.2. The minimum absolute atomic E-state index is 0.194. The van der Waals surface area contributed by atoms with E-state index >= 15 is 0 Å². The maximum absolute atomic E-state index is 13.6. The molecule has 0 N–H and O–H groups in total. The quantitative estimate of drug-likeness (QED) is 0.431. The van der Waals surface area contributed by atoms with Gasteiger partial charge in [-0.15, -0.1) is 11.3 Å². The number of sulfonamides is 1. The summed E-state index contributed by atoms with van der Waals surface area (Å²) in [6.07, 6.45) is 0. The molecule has 5 nitrogen and oxygen atoms in total. The van der Waals surface area contributed by atoms with Crippen LogP contribution in [-0.4, -0.2) is 35.6 Å². The molecule has 0 unspecified atom stereocenters. The monoisotopic (exact) mass is 484 g/mol. The molecule has 1 aromatic heterocycles. The summed E-state index contributed by atoms with van der Waals surface area (Å²) < 4.78 is 28.4. The molecular formula is C26H32N2O3S2. The van der Waals surface area contributed by atoms with E-state index in [1.54, 1.807) is 40.5 Å². The van der Waals surface area contributed by atoms with Crippen LogP contribution in [0.5, 0.6) is 0 Å². The fourth-order valence-corrected chi connectivity index (χ4v) is 6.18. The van der Waals surface area contributed by atoms with Crippen LogP contribution in [-0.2, 0) is 27.9 Å². The second-order valence-corrected chi connectivity index (χ2v) is 12.5. The first-order valence-corrected chi connectivity index (χ1v) is 13.2. The van der Waals surface area contributed by atoms with Crippen LogP contribution in [0, 0.1) is 13.8 Å². The zero-order valence-electron chi connectivity index (χ0n) is 19.9. The van der Waals surface area contributed by atoms with Crippen molar-refractivity contribution in [3.8, 4) is 0 Å². The van der Waals surface area contributed by atoms with Crippen LogP contribution in [0.1, 0.15) is 41.7 Å². The van der Waals surface area contributed by atoms with Gasteiger partial charge in [0.2, 0.25) is 15.9 Å². The lowest BCUT2D eigenvalue weighted by atomic mass is 10.1. The van der Waals surface area contributed by atoms with Crippen molar-refractivity contribution in [1.82, 2.24) is 9.21 Å². The SMILES string of the molecule is Cc1ccc(S(=O)(=O)N(CC(=O)N(Cc2ccccc2)Cc2ccc(C)s2)C(C)(C)C)cc1. The van der Waals surface area contributed by atoms with Crippen molar-refractivity contribution < 1.29 is 13.2 Å². The van der Waals surface area contributed by atoms with Gasteiger partial charge < -0.3 is 4.90 Å². The number of benzene rings is 2. The first kappa shape index (κ1) is 25.1. The second kappa shape index (κ2) is 10.2.